The number of benzene rings is 2. The fraction of sp³-hybridized carbons (Fsp3) is 0.350. The van der Waals surface area contributed by atoms with Crippen LogP contribution in [0.3, 0.4) is 0 Å². The van der Waals surface area contributed by atoms with Crippen molar-refractivity contribution < 1.29 is 14.3 Å². The molecule has 0 unspecified atom stereocenters. The van der Waals surface area contributed by atoms with Crippen molar-refractivity contribution in [2.75, 3.05) is 13.7 Å². The smallest absolute Gasteiger partial charge is 0.320 e. The van der Waals surface area contributed by atoms with Gasteiger partial charge in [-0.1, -0.05) is 42.5 Å². The van der Waals surface area contributed by atoms with Gasteiger partial charge in [-0.15, -0.1) is 0 Å². The van der Waals surface area contributed by atoms with Gasteiger partial charge in [-0.3, -0.25) is 4.90 Å². The van der Waals surface area contributed by atoms with Crippen LogP contribution in [0.1, 0.15) is 30.5 Å². The zero-order valence-corrected chi connectivity index (χ0v) is 14.5. The highest BCUT2D eigenvalue weighted by Gasteiger charge is 2.49. The largest absolute Gasteiger partial charge is 0.493 e. The van der Waals surface area contributed by atoms with Crippen LogP contribution >= 0.6 is 0 Å². The number of amides is 2. The van der Waals surface area contributed by atoms with Crippen LogP contribution in [0.2, 0.25) is 0 Å². The molecule has 2 aliphatic heterocycles. The number of hydrogen-bond donors (Lipinski definition) is 1. The minimum absolute atomic E-state index is 0.0516. The summed E-state index contributed by atoms with van der Waals surface area (Å²) in [6, 6.07) is 15.9. The molecular formula is C20H22N2O3. The Balaban J connectivity index is 1.62. The summed E-state index contributed by atoms with van der Waals surface area (Å²) >= 11 is 0. The molecule has 1 saturated heterocycles. The van der Waals surface area contributed by atoms with E-state index in [-0.39, 0.29) is 12.1 Å². The molecule has 2 heterocycles. The van der Waals surface area contributed by atoms with E-state index >= 15 is 0 Å². The van der Waals surface area contributed by atoms with Gasteiger partial charge in [-0.25, -0.2) is 4.79 Å². The van der Waals surface area contributed by atoms with E-state index in [1.165, 1.54) is 5.56 Å². The molecule has 2 atom stereocenters. The summed E-state index contributed by atoms with van der Waals surface area (Å²) in [5.74, 6) is 1.43. The maximum atomic E-state index is 12.7. The van der Waals surface area contributed by atoms with Crippen LogP contribution in [-0.4, -0.2) is 30.3 Å². The monoisotopic (exact) mass is 338 g/mol. The summed E-state index contributed by atoms with van der Waals surface area (Å²) < 4.78 is 11.8. The molecule has 1 fully saturated rings. The molecule has 1 N–H and O–H groups in total. The summed E-state index contributed by atoms with van der Waals surface area (Å²) in [6.45, 7) is 2.59. The lowest BCUT2D eigenvalue weighted by atomic mass is 9.90. The first-order valence-electron chi connectivity index (χ1n) is 8.59. The fourth-order valence-corrected chi connectivity index (χ4v) is 3.79. The molecular weight excluding hydrogens is 316 g/mol. The van der Waals surface area contributed by atoms with Crippen molar-refractivity contribution in [1.29, 1.82) is 0 Å². The van der Waals surface area contributed by atoms with Crippen molar-refractivity contribution in [2.45, 2.75) is 31.5 Å². The van der Waals surface area contributed by atoms with E-state index in [1.54, 1.807) is 12.0 Å². The molecule has 0 radical (unpaired) electrons. The van der Waals surface area contributed by atoms with Crippen molar-refractivity contribution in [3.63, 3.8) is 0 Å². The highest BCUT2D eigenvalue weighted by Crippen LogP contribution is 2.47. The molecule has 2 aromatic rings. The second-order valence-electron chi connectivity index (χ2n) is 6.75. The lowest BCUT2D eigenvalue weighted by Gasteiger charge is -2.51. The minimum atomic E-state index is -0.677. The van der Waals surface area contributed by atoms with E-state index in [0.717, 1.165) is 17.7 Å². The minimum Gasteiger partial charge on any atom is -0.493 e. The summed E-state index contributed by atoms with van der Waals surface area (Å²) in [5.41, 5.74) is 1.51. The number of carbonyl (C=O) groups excluding carboxylic acids is 1. The SMILES string of the molecule is COc1cccc2c1O[C@@]1(C)C[C@@H]2NC(=O)N1CCc1ccccc1. The van der Waals surface area contributed by atoms with Gasteiger partial charge in [0.2, 0.25) is 0 Å². The molecule has 2 aliphatic rings. The first kappa shape index (κ1) is 15.8. The molecule has 130 valence electrons. The van der Waals surface area contributed by atoms with E-state index < -0.39 is 5.72 Å². The van der Waals surface area contributed by atoms with Gasteiger partial charge in [0.1, 0.15) is 0 Å². The number of nitrogens with one attached hydrogen (secondary N) is 1. The first-order chi connectivity index (χ1) is 12.1. The summed E-state index contributed by atoms with van der Waals surface area (Å²) in [6.07, 6.45) is 1.50. The van der Waals surface area contributed by atoms with Crippen LogP contribution in [-0.2, 0) is 6.42 Å². The maximum absolute atomic E-state index is 12.7. The molecule has 4 rings (SSSR count). The fourth-order valence-electron chi connectivity index (χ4n) is 3.79. The van der Waals surface area contributed by atoms with Gasteiger partial charge in [0.15, 0.2) is 17.2 Å². The Labute approximate surface area is 147 Å². The second-order valence-corrected chi connectivity index (χ2v) is 6.75. The number of para-hydroxylation sites is 1. The van der Waals surface area contributed by atoms with Crippen molar-refractivity contribution in [3.05, 3.63) is 59.7 Å². The number of ether oxygens (including phenoxy) is 2. The number of urea groups is 1. The Morgan fingerprint density at radius 2 is 2.04 bits per heavy atom. The van der Waals surface area contributed by atoms with Crippen LogP contribution in [0.15, 0.2) is 48.5 Å². The predicted molar refractivity (Wildman–Crippen MR) is 94.8 cm³/mol. The average Bonchev–Trinajstić information content (AvgIpc) is 2.61. The quantitative estimate of drug-likeness (QED) is 0.928. The Morgan fingerprint density at radius 1 is 1.24 bits per heavy atom. The second kappa shape index (κ2) is 5.99. The predicted octanol–water partition coefficient (Wildman–Crippen LogP) is 3.50. The van der Waals surface area contributed by atoms with E-state index in [4.69, 9.17) is 9.47 Å². The van der Waals surface area contributed by atoms with Crippen LogP contribution < -0.4 is 14.8 Å². The maximum Gasteiger partial charge on any atom is 0.320 e. The highest BCUT2D eigenvalue weighted by atomic mass is 16.5. The molecule has 5 nitrogen and oxygen atoms in total. The van der Waals surface area contributed by atoms with E-state index in [0.29, 0.717) is 18.7 Å². The number of fused-ring (bicyclic) bond motifs is 4. The van der Waals surface area contributed by atoms with Gasteiger partial charge in [0.05, 0.1) is 13.2 Å². The van der Waals surface area contributed by atoms with Crippen molar-refractivity contribution in [3.8, 4) is 11.5 Å². The molecule has 0 spiro atoms. The number of methoxy groups -OCH3 is 1. The molecule has 2 amide bonds. The van der Waals surface area contributed by atoms with Crippen LogP contribution in [0.4, 0.5) is 4.79 Å². The van der Waals surface area contributed by atoms with Gasteiger partial charge in [-0.2, -0.15) is 0 Å². The third-order valence-corrected chi connectivity index (χ3v) is 5.09. The number of hydrogen-bond acceptors (Lipinski definition) is 3. The third-order valence-electron chi connectivity index (χ3n) is 5.09. The first-order valence-corrected chi connectivity index (χ1v) is 8.59. The zero-order chi connectivity index (χ0) is 17.4. The van der Waals surface area contributed by atoms with Crippen molar-refractivity contribution in [1.82, 2.24) is 10.2 Å². The van der Waals surface area contributed by atoms with E-state index in [1.807, 2.05) is 43.3 Å². The highest BCUT2D eigenvalue weighted by molar-refractivity contribution is 5.77. The topological polar surface area (TPSA) is 50.8 Å². The summed E-state index contributed by atoms with van der Waals surface area (Å²) in [4.78, 5) is 14.5. The normalized spacial score (nSPS) is 24.2. The standard InChI is InChI=1S/C20H22N2O3/c1-20-13-16(15-9-6-10-17(24-2)18(15)25-20)21-19(23)22(20)12-11-14-7-4-3-5-8-14/h3-10,16H,11-13H2,1-2H3,(H,21,23)/t16-,20-/m0/s1. The van der Waals surface area contributed by atoms with E-state index in [2.05, 4.69) is 17.4 Å². The number of nitrogens with zero attached hydrogens (tertiary/aromatic N) is 1. The Bertz CT molecular complexity index is 793. The summed E-state index contributed by atoms with van der Waals surface area (Å²) in [7, 11) is 1.64. The summed E-state index contributed by atoms with van der Waals surface area (Å²) in [5, 5.41) is 3.12. The molecule has 25 heavy (non-hydrogen) atoms. The van der Waals surface area contributed by atoms with Crippen molar-refractivity contribution in [2.24, 2.45) is 0 Å². The van der Waals surface area contributed by atoms with Crippen LogP contribution in [0, 0.1) is 0 Å². The zero-order valence-electron chi connectivity index (χ0n) is 14.5. The van der Waals surface area contributed by atoms with Gasteiger partial charge >= 0.3 is 6.03 Å². The number of carbonyl (C=O) groups is 1. The lowest BCUT2D eigenvalue weighted by molar-refractivity contribution is -0.0845. The van der Waals surface area contributed by atoms with E-state index in [9.17, 15) is 4.79 Å². The van der Waals surface area contributed by atoms with Gasteiger partial charge in [-0.05, 0) is 25.0 Å². The molecule has 0 aliphatic carbocycles. The van der Waals surface area contributed by atoms with Gasteiger partial charge in [0, 0.05) is 18.5 Å². The molecule has 0 saturated carbocycles. The van der Waals surface area contributed by atoms with Crippen LogP contribution in [0.25, 0.3) is 0 Å². The van der Waals surface area contributed by atoms with Gasteiger partial charge < -0.3 is 14.8 Å². The Hall–Kier alpha value is -2.69. The molecule has 0 aromatic heterocycles. The van der Waals surface area contributed by atoms with Crippen LogP contribution in [0.5, 0.6) is 11.5 Å². The van der Waals surface area contributed by atoms with Crippen molar-refractivity contribution >= 4 is 6.03 Å². The molecule has 5 heteroatoms. The van der Waals surface area contributed by atoms with Gasteiger partial charge in [0.25, 0.3) is 0 Å². The Kier molecular flexibility index (Phi) is 3.79. The Morgan fingerprint density at radius 3 is 2.80 bits per heavy atom. The number of rotatable bonds is 4. The lowest BCUT2D eigenvalue weighted by Crippen LogP contribution is -2.65. The molecule has 2 bridgehead atoms. The molecule has 2 aromatic carbocycles. The third kappa shape index (κ3) is 2.69. The average molecular weight is 338 g/mol.